The molecule has 2 heterocycles. The molecule has 3 aromatic rings. The second-order valence-corrected chi connectivity index (χ2v) is 7.25. The molecule has 0 saturated heterocycles. The normalized spacial score (nSPS) is 10.8. The van der Waals surface area contributed by atoms with Crippen molar-refractivity contribution in [3.05, 3.63) is 52.0 Å². The minimum Gasteiger partial charge on any atom is -0.494 e. The van der Waals surface area contributed by atoms with E-state index in [0.29, 0.717) is 37.7 Å². The van der Waals surface area contributed by atoms with Gasteiger partial charge in [-0.05, 0) is 55.1 Å². The van der Waals surface area contributed by atoms with Crippen LogP contribution in [0.25, 0.3) is 11.4 Å². The Hall–Kier alpha value is -2.67. The zero-order chi connectivity index (χ0) is 19.2. The maximum Gasteiger partial charge on any atom is 0.227 e. The summed E-state index contributed by atoms with van der Waals surface area (Å²) in [4.78, 5) is 19.7. The van der Waals surface area contributed by atoms with Gasteiger partial charge >= 0.3 is 0 Å². The van der Waals surface area contributed by atoms with Gasteiger partial charge in [0.2, 0.25) is 17.6 Å². The van der Waals surface area contributed by atoms with Crippen LogP contribution in [0.2, 0.25) is 0 Å². The first kappa shape index (κ1) is 19.1. The van der Waals surface area contributed by atoms with Crippen molar-refractivity contribution in [1.29, 1.82) is 0 Å². The van der Waals surface area contributed by atoms with E-state index in [0.717, 1.165) is 11.3 Å². The molecule has 0 spiro atoms. The number of hydrogen-bond donors (Lipinski definition) is 0. The quantitative estimate of drug-likeness (QED) is 0.584. The molecule has 0 radical (unpaired) electrons. The summed E-state index contributed by atoms with van der Waals surface area (Å²) in [5, 5.41) is 6.05. The maximum absolute atomic E-state index is 12.4. The molecule has 0 saturated carbocycles. The van der Waals surface area contributed by atoms with Crippen molar-refractivity contribution in [2.45, 2.75) is 33.2 Å². The maximum atomic E-state index is 12.4. The predicted octanol–water partition coefficient (Wildman–Crippen LogP) is 4.10. The second-order valence-electron chi connectivity index (χ2n) is 6.25. The minimum absolute atomic E-state index is 0.0589. The Morgan fingerprint density at radius 2 is 2.04 bits per heavy atom. The van der Waals surface area contributed by atoms with Crippen LogP contribution in [0.1, 0.15) is 29.7 Å². The van der Waals surface area contributed by atoms with E-state index >= 15 is 0 Å². The van der Waals surface area contributed by atoms with E-state index < -0.39 is 0 Å². The Morgan fingerprint density at radius 1 is 1.26 bits per heavy atom. The predicted molar refractivity (Wildman–Crippen MR) is 105 cm³/mol. The number of rotatable bonds is 8. The van der Waals surface area contributed by atoms with Crippen molar-refractivity contribution in [2.75, 3.05) is 13.7 Å². The topological polar surface area (TPSA) is 68.5 Å². The molecule has 0 aliphatic rings. The van der Waals surface area contributed by atoms with E-state index in [4.69, 9.17) is 9.26 Å². The Bertz CT molecular complexity index is 886. The number of ether oxygens (including phenoxy) is 1. The summed E-state index contributed by atoms with van der Waals surface area (Å²) in [7, 11) is 1.82. The number of nitrogens with zero attached hydrogens (tertiary/aromatic N) is 3. The highest BCUT2D eigenvalue weighted by Crippen LogP contribution is 2.21. The zero-order valence-electron chi connectivity index (χ0n) is 15.8. The third-order valence-corrected chi connectivity index (χ3v) is 5.23. The molecule has 0 bridgehead atoms. The van der Waals surface area contributed by atoms with Crippen molar-refractivity contribution >= 4 is 17.2 Å². The van der Waals surface area contributed by atoms with Gasteiger partial charge in [-0.2, -0.15) is 4.98 Å². The van der Waals surface area contributed by atoms with Crippen LogP contribution in [0.4, 0.5) is 0 Å². The Balaban J connectivity index is 1.54. The van der Waals surface area contributed by atoms with E-state index in [1.807, 2.05) is 43.6 Å². The van der Waals surface area contributed by atoms with Gasteiger partial charge in [-0.15, -0.1) is 11.3 Å². The average Bonchev–Trinajstić information content (AvgIpc) is 3.30. The first-order valence-corrected chi connectivity index (χ1v) is 9.77. The fraction of sp³-hybridized carbons (Fsp3) is 0.350. The van der Waals surface area contributed by atoms with Gasteiger partial charge in [0.15, 0.2) is 0 Å². The molecule has 3 rings (SSSR count). The first-order chi connectivity index (χ1) is 13.1. The Kier molecular flexibility index (Phi) is 6.24. The molecule has 0 N–H and O–H groups in total. The molecule has 0 aliphatic carbocycles. The van der Waals surface area contributed by atoms with E-state index in [2.05, 4.69) is 23.1 Å². The smallest absolute Gasteiger partial charge is 0.227 e. The van der Waals surface area contributed by atoms with Crippen LogP contribution in [0.3, 0.4) is 0 Å². The van der Waals surface area contributed by atoms with Gasteiger partial charge in [0, 0.05) is 30.3 Å². The summed E-state index contributed by atoms with van der Waals surface area (Å²) in [5.41, 5.74) is 2.07. The second kappa shape index (κ2) is 8.81. The molecule has 6 nitrogen and oxygen atoms in total. The molecule has 0 fully saturated rings. The van der Waals surface area contributed by atoms with Gasteiger partial charge in [-0.1, -0.05) is 5.16 Å². The molecule has 142 valence electrons. The van der Waals surface area contributed by atoms with Gasteiger partial charge in [0.1, 0.15) is 5.75 Å². The van der Waals surface area contributed by atoms with Crippen molar-refractivity contribution < 1.29 is 14.1 Å². The fourth-order valence-electron chi connectivity index (χ4n) is 2.61. The molecular weight excluding hydrogens is 362 g/mol. The summed E-state index contributed by atoms with van der Waals surface area (Å²) in [6, 6.07) is 9.60. The van der Waals surface area contributed by atoms with Crippen molar-refractivity contribution in [2.24, 2.45) is 0 Å². The summed E-state index contributed by atoms with van der Waals surface area (Å²) in [6.45, 7) is 5.26. The summed E-state index contributed by atoms with van der Waals surface area (Å²) in [5.74, 6) is 1.85. The molecular formula is C20H23N3O3S. The highest BCUT2D eigenvalue weighted by atomic mass is 32.1. The fourth-order valence-corrected chi connectivity index (χ4v) is 3.57. The number of benzene rings is 1. The van der Waals surface area contributed by atoms with Gasteiger partial charge in [0.25, 0.3) is 0 Å². The summed E-state index contributed by atoms with van der Waals surface area (Å²) < 4.78 is 10.7. The molecule has 0 aliphatic heterocycles. The lowest BCUT2D eigenvalue weighted by molar-refractivity contribution is -0.130. The largest absolute Gasteiger partial charge is 0.494 e. The number of amides is 1. The SMILES string of the molecule is CCOc1ccc(-c2noc(CCC(=O)N(C)Cc3sccc3C)n2)cc1. The van der Waals surface area contributed by atoms with Crippen molar-refractivity contribution in [3.8, 4) is 17.1 Å². The van der Waals surface area contributed by atoms with Crippen LogP contribution in [0.15, 0.2) is 40.2 Å². The Morgan fingerprint density at radius 3 is 2.70 bits per heavy atom. The number of thiophene rings is 1. The van der Waals surface area contributed by atoms with Crippen LogP contribution in [-0.2, 0) is 17.8 Å². The van der Waals surface area contributed by atoms with Gasteiger partial charge < -0.3 is 14.2 Å². The molecule has 27 heavy (non-hydrogen) atoms. The van der Waals surface area contributed by atoms with Gasteiger partial charge in [0.05, 0.1) is 13.2 Å². The number of hydrogen-bond acceptors (Lipinski definition) is 6. The molecule has 2 aromatic heterocycles. The molecule has 7 heteroatoms. The van der Waals surface area contributed by atoms with E-state index in [1.54, 1.807) is 16.2 Å². The highest BCUT2D eigenvalue weighted by Gasteiger charge is 2.14. The monoisotopic (exact) mass is 385 g/mol. The van der Waals surface area contributed by atoms with Crippen molar-refractivity contribution in [1.82, 2.24) is 15.0 Å². The van der Waals surface area contributed by atoms with Crippen LogP contribution < -0.4 is 4.74 Å². The molecule has 0 unspecified atom stereocenters. The lowest BCUT2D eigenvalue weighted by Gasteiger charge is -2.16. The van der Waals surface area contributed by atoms with Crippen LogP contribution in [-0.4, -0.2) is 34.6 Å². The number of aryl methyl sites for hydroxylation is 2. The molecule has 1 aromatic carbocycles. The van der Waals surface area contributed by atoms with E-state index in [9.17, 15) is 4.79 Å². The number of carbonyl (C=O) groups excluding carboxylic acids is 1. The van der Waals surface area contributed by atoms with E-state index in [1.165, 1.54) is 10.4 Å². The van der Waals surface area contributed by atoms with E-state index in [-0.39, 0.29) is 5.91 Å². The molecule has 0 atom stereocenters. The van der Waals surface area contributed by atoms with Crippen LogP contribution in [0.5, 0.6) is 5.75 Å². The van der Waals surface area contributed by atoms with Gasteiger partial charge in [-0.25, -0.2) is 0 Å². The third kappa shape index (κ3) is 4.95. The highest BCUT2D eigenvalue weighted by molar-refractivity contribution is 7.10. The minimum atomic E-state index is 0.0589. The number of aromatic nitrogens is 2. The Labute approximate surface area is 162 Å². The summed E-state index contributed by atoms with van der Waals surface area (Å²) in [6.07, 6.45) is 0.766. The zero-order valence-corrected chi connectivity index (χ0v) is 16.6. The lowest BCUT2D eigenvalue weighted by Crippen LogP contribution is -2.26. The van der Waals surface area contributed by atoms with Crippen molar-refractivity contribution in [3.63, 3.8) is 0 Å². The first-order valence-electron chi connectivity index (χ1n) is 8.89. The van der Waals surface area contributed by atoms with Crippen LogP contribution >= 0.6 is 11.3 Å². The summed E-state index contributed by atoms with van der Waals surface area (Å²) >= 11 is 1.67. The number of carbonyl (C=O) groups is 1. The standard InChI is InChI=1S/C20H23N3O3S/c1-4-25-16-7-5-15(6-8-16)20-21-18(26-22-20)9-10-19(24)23(3)13-17-14(2)11-12-27-17/h5-8,11-12H,4,9-10,13H2,1-3H3. The molecule has 1 amide bonds. The van der Waals surface area contributed by atoms with Crippen LogP contribution in [0, 0.1) is 6.92 Å². The lowest BCUT2D eigenvalue weighted by atomic mass is 10.2. The average molecular weight is 385 g/mol. The third-order valence-electron chi connectivity index (χ3n) is 4.22. The van der Waals surface area contributed by atoms with Gasteiger partial charge in [-0.3, -0.25) is 4.79 Å².